The predicted molar refractivity (Wildman–Crippen MR) is 129 cm³/mol. The molecule has 3 aromatic rings. The van der Waals surface area contributed by atoms with E-state index >= 15 is 0 Å². The lowest BCUT2D eigenvalue weighted by atomic mass is 9.73. The molecule has 0 spiro atoms. The number of fused-ring (bicyclic) bond motifs is 4. The standard InChI is InChI=1S/C28H28N2O4/c1-18(31)34-28(24-10-12-29-26-9-8-23(33-2)16-25(24)26)27-15-20-11-13-30(27)17-21(20)7-6-19-4-3-5-22(32)14-19/h3-5,8-10,12,14,16,20-21,27-28,32H,11,13,15,17H2,1-2H3/t20-,21-,27+,28-/m0/s1. The molecule has 4 heterocycles. The number of carbonyl (C=O) groups excluding carboxylic acids is 1. The maximum atomic E-state index is 12.2. The molecule has 6 heteroatoms. The highest BCUT2D eigenvalue weighted by molar-refractivity contribution is 5.84. The number of nitrogens with zero attached hydrogens (tertiary/aromatic N) is 2. The summed E-state index contributed by atoms with van der Waals surface area (Å²) in [5.74, 6) is 8.05. The smallest absolute Gasteiger partial charge is 0.303 e. The van der Waals surface area contributed by atoms with Gasteiger partial charge in [0.25, 0.3) is 0 Å². The van der Waals surface area contributed by atoms with Gasteiger partial charge < -0.3 is 14.6 Å². The number of hydrogen-bond acceptors (Lipinski definition) is 6. The number of phenolic OH excluding ortho intramolecular Hbond substituents is 1. The minimum atomic E-state index is -0.391. The van der Waals surface area contributed by atoms with Gasteiger partial charge in [0.05, 0.1) is 18.7 Å². The molecule has 34 heavy (non-hydrogen) atoms. The van der Waals surface area contributed by atoms with Crippen molar-refractivity contribution >= 4 is 16.9 Å². The Morgan fingerprint density at radius 1 is 1.24 bits per heavy atom. The Morgan fingerprint density at radius 3 is 2.85 bits per heavy atom. The summed E-state index contributed by atoms with van der Waals surface area (Å²) in [5.41, 5.74) is 2.63. The van der Waals surface area contributed by atoms with E-state index in [0.717, 1.165) is 53.7 Å². The fourth-order valence-electron chi connectivity index (χ4n) is 5.36. The molecule has 0 aliphatic carbocycles. The van der Waals surface area contributed by atoms with Crippen molar-refractivity contribution in [3.05, 3.63) is 65.9 Å². The Balaban J connectivity index is 1.44. The van der Waals surface area contributed by atoms with E-state index in [2.05, 4.69) is 21.7 Å². The molecule has 5 atom stereocenters. The minimum Gasteiger partial charge on any atom is -0.508 e. The molecular formula is C28H28N2O4. The van der Waals surface area contributed by atoms with Gasteiger partial charge in [-0.25, -0.2) is 0 Å². The summed E-state index contributed by atoms with van der Waals surface area (Å²) in [6.07, 6.45) is 3.37. The zero-order valence-corrected chi connectivity index (χ0v) is 19.4. The van der Waals surface area contributed by atoms with Crippen LogP contribution in [0.5, 0.6) is 11.5 Å². The zero-order chi connectivity index (χ0) is 23.7. The lowest BCUT2D eigenvalue weighted by Crippen LogP contribution is -2.55. The second kappa shape index (κ2) is 9.36. The molecule has 6 nitrogen and oxygen atoms in total. The Morgan fingerprint density at radius 2 is 2.12 bits per heavy atom. The molecule has 174 valence electrons. The summed E-state index contributed by atoms with van der Waals surface area (Å²) in [7, 11) is 1.64. The first kappa shape index (κ1) is 22.2. The van der Waals surface area contributed by atoms with Crippen LogP contribution in [0.15, 0.2) is 54.7 Å². The molecule has 3 aliphatic heterocycles. The number of esters is 1. The second-order valence-electron chi connectivity index (χ2n) is 9.09. The number of pyridine rings is 1. The number of ether oxygens (including phenoxy) is 2. The van der Waals surface area contributed by atoms with E-state index in [-0.39, 0.29) is 23.7 Å². The van der Waals surface area contributed by atoms with Gasteiger partial charge in [0.15, 0.2) is 0 Å². The number of piperidine rings is 3. The van der Waals surface area contributed by atoms with E-state index in [1.165, 1.54) is 6.92 Å². The molecule has 2 bridgehead atoms. The number of rotatable bonds is 4. The van der Waals surface area contributed by atoms with E-state index in [0.29, 0.717) is 5.92 Å². The number of aromatic hydroxyl groups is 1. The van der Waals surface area contributed by atoms with Crippen LogP contribution in [-0.4, -0.2) is 47.2 Å². The largest absolute Gasteiger partial charge is 0.508 e. The number of hydrogen-bond donors (Lipinski definition) is 1. The molecule has 1 unspecified atom stereocenters. The molecule has 1 aromatic heterocycles. The summed E-state index contributed by atoms with van der Waals surface area (Å²) in [4.78, 5) is 19.1. The topological polar surface area (TPSA) is 71.9 Å². The van der Waals surface area contributed by atoms with Crippen molar-refractivity contribution < 1.29 is 19.4 Å². The molecule has 3 aliphatic rings. The van der Waals surface area contributed by atoms with Gasteiger partial charge in [-0.15, -0.1) is 0 Å². The normalized spacial score (nSPS) is 24.2. The summed E-state index contributed by atoms with van der Waals surface area (Å²) >= 11 is 0. The highest BCUT2D eigenvalue weighted by Crippen LogP contribution is 2.43. The van der Waals surface area contributed by atoms with Crippen LogP contribution in [0.1, 0.15) is 37.0 Å². The first-order valence-corrected chi connectivity index (χ1v) is 11.7. The molecule has 0 saturated carbocycles. The number of aromatic nitrogens is 1. The average molecular weight is 457 g/mol. The number of carbonyl (C=O) groups is 1. The molecule has 1 N–H and O–H groups in total. The third kappa shape index (κ3) is 4.44. The van der Waals surface area contributed by atoms with Crippen LogP contribution in [-0.2, 0) is 9.53 Å². The van der Waals surface area contributed by atoms with Crippen molar-refractivity contribution in [3.8, 4) is 23.3 Å². The van der Waals surface area contributed by atoms with Gasteiger partial charge in [0, 0.05) is 42.1 Å². The Hall–Kier alpha value is -3.56. The summed E-state index contributed by atoms with van der Waals surface area (Å²) < 4.78 is 11.4. The quantitative estimate of drug-likeness (QED) is 0.466. The summed E-state index contributed by atoms with van der Waals surface area (Å²) in [5, 5.41) is 10.7. The molecular weight excluding hydrogens is 428 g/mol. The van der Waals surface area contributed by atoms with Crippen LogP contribution >= 0.6 is 0 Å². The lowest BCUT2D eigenvalue weighted by molar-refractivity contribution is -0.154. The Labute approximate surface area is 199 Å². The van der Waals surface area contributed by atoms with Crippen LogP contribution in [0.25, 0.3) is 10.9 Å². The van der Waals surface area contributed by atoms with Crippen LogP contribution in [0.3, 0.4) is 0 Å². The third-order valence-electron chi connectivity index (χ3n) is 6.98. The zero-order valence-electron chi connectivity index (χ0n) is 19.4. The average Bonchev–Trinajstić information content (AvgIpc) is 2.85. The fourth-order valence-corrected chi connectivity index (χ4v) is 5.36. The first-order chi connectivity index (χ1) is 16.5. The van der Waals surface area contributed by atoms with Crippen molar-refractivity contribution in [2.45, 2.75) is 31.9 Å². The van der Waals surface area contributed by atoms with Gasteiger partial charge in [-0.05, 0) is 67.8 Å². The lowest BCUT2D eigenvalue weighted by Gasteiger charge is -2.50. The maximum Gasteiger partial charge on any atom is 0.303 e. The molecule has 2 aromatic carbocycles. The Bertz CT molecular complexity index is 1280. The molecule has 0 amide bonds. The predicted octanol–water partition coefficient (Wildman–Crippen LogP) is 4.32. The maximum absolute atomic E-state index is 12.2. The monoisotopic (exact) mass is 456 g/mol. The van der Waals surface area contributed by atoms with E-state index < -0.39 is 6.10 Å². The van der Waals surface area contributed by atoms with Crippen LogP contribution in [0.4, 0.5) is 0 Å². The van der Waals surface area contributed by atoms with E-state index in [9.17, 15) is 9.90 Å². The number of benzene rings is 2. The fraction of sp³-hybridized carbons (Fsp3) is 0.357. The second-order valence-corrected chi connectivity index (χ2v) is 9.09. The first-order valence-electron chi connectivity index (χ1n) is 11.7. The van der Waals surface area contributed by atoms with Gasteiger partial charge in [-0.2, -0.15) is 0 Å². The van der Waals surface area contributed by atoms with Crippen molar-refractivity contribution in [2.75, 3.05) is 20.2 Å². The van der Waals surface area contributed by atoms with E-state index in [4.69, 9.17) is 9.47 Å². The Kier molecular flexibility index (Phi) is 6.12. The van der Waals surface area contributed by atoms with Crippen molar-refractivity contribution in [1.82, 2.24) is 9.88 Å². The highest BCUT2D eigenvalue weighted by Gasteiger charge is 2.44. The summed E-state index contributed by atoms with van der Waals surface area (Å²) in [6.45, 7) is 3.27. The van der Waals surface area contributed by atoms with Crippen LogP contribution < -0.4 is 4.74 Å². The van der Waals surface area contributed by atoms with E-state index in [1.807, 2.05) is 36.4 Å². The molecule has 3 saturated heterocycles. The number of methoxy groups -OCH3 is 1. The SMILES string of the molecule is COc1ccc2nccc([C@H](OC(C)=O)[C@H]3C[C@@H]4CCN3C[C@@H]4C#Cc3cccc(O)c3)c2c1. The van der Waals surface area contributed by atoms with E-state index in [1.54, 1.807) is 25.4 Å². The molecule has 0 radical (unpaired) electrons. The van der Waals surface area contributed by atoms with Gasteiger partial charge >= 0.3 is 5.97 Å². The number of phenols is 1. The highest BCUT2D eigenvalue weighted by atomic mass is 16.5. The minimum absolute atomic E-state index is 0.0817. The van der Waals surface area contributed by atoms with Gasteiger partial charge in [0.2, 0.25) is 0 Å². The third-order valence-corrected chi connectivity index (χ3v) is 6.98. The van der Waals surface area contributed by atoms with Crippen LogP contribution in [0, 0.1) is 23.7 Å². The molecule has 6 rings (SSSR count). The van der Waals surface area contributed by atoms with Crippen molar-refractivity contribution in [2.24, 2.45) is 11.8 Å². The van der Waals surface area contributed by atoms with Crippen molar-refractivity contribution in [1.29, 1.82) is 0 Å². The van der Waals surface area contributed by atoms with Crippen LogP contribution in [0.2, 0.25) is 0 Å². The van der Waals surface area contributed by atoms with Gasteiger partial charge in [-0.3, -0.25) is 14.7 Å². The summed E-state index contributed by atoms with van der Waals surface area (Å²) in [6, 6.07) is 14.9. The van der Waals surface area contributed by atoms with Crippen molar-refractivity contribution in [3.63, 3.8) is 0 Å². The molecule has 3 fully saturated rings. The van der Waals surface area contributed by atoms with Gasteiger partial charge in [0.1, 0.15) is 17.6 Å². The van der Waals surface area contributed by atoms with Gasteiger partial charge in [-0.1, -0.05) is 17.9 Å².